The zero-order valence-corrected chi connectivity index (χ0v) is 36.4. The molecule has 0 bridgehead atoms. The number of anilines is 3. The first-order valence-electron chi connectivity index (χ1n) is 22.7. The largest absolute Gasteiger partial charge is 0.457 e. The Labute approximate surface area is 386 Å². The van der Waals surface area contributed by atoms with Crippen molar-refractivity contribution < 1.29 is 9.47 Å². The van der Waals surface area contributed by atoms with Crippen molar-refractivity contribution in [2.75, 3.05) is 4.90 Å². The first-order valence-corrected chi connectivity index (χ1v) is 23.5. The molecule has 308 valence electrons. The topological polar surface area (TPSA) is 21.7 Å². The molecule has 2 aliphatic carbocycles. The fourth-order valence-corrected chi connectivity index (χ4v) is 13.5. The second-order valence-electron chi connectivity index (χ2n) is 17.8. The minimum absolute atomic E-state index is 0.609. The fourth-order valence-electron chi connectivity index (χ4n) is 12.3. The Morgan fingerprint density at radius 2 is 0.712 bits per heavy atom. The van der Waals surface area contributed by atoms with Crippen LogP contribution < -0.4 is 14.4 Å². The zero-order valence-electron chi connectivity index (χ0n) is 35.5. The van der Waals surface area contributed by atoms with Crippen LogP contribution in [0.25, 0.3) is 42.4 Å². The van der Waals surface area contributed by atoms with Gasteiger partial charge in [0.05, 0.1) is 21.2 Å². The number of benzene rings is 10. The molecular weight excluding hydrogens is 823 g/mol. The molecule has 0 unspecified atom stereocenters. The maximum Gasteiger partial charge on any atom is 0.132 e. The molecule has 66 heavy (non-hydrogen) atoms. The Bertz CT molecular complexity index is 3590. The molecule has 3 heterocycles. The van der Waals surface area contributed by atoms with Crippen LogP contribution in [-0.2, 0) is 10.8 Å². The van der Waals surface area contributed by atoms with Gasteiger partial charge in [-0.2, -0.15) is 0 Å². The predicted molar refractivity (Wildman–Crippen MR) is 269 cm³/mol. The maximum atomic E-state index is 6.74. The van der Waals surface area contributed by atoms with Crippen LogP contribution in [-0.4, -0.2) is 0 Å². The van der Waals surface area contributed by atoms with E-state index in [1.54, 1.807) is 0 Å². The molecule has 0 saturated carbocycles. The van der Waals surface area contributed by atoms with Crippen molar-refractivity contribution in [2.24, 2.45) is 0 Å². The average Bonchev–Trinajstić information content (AvgIpc) is 4.00. The van der Waals surface area contributed by atoms with Gasteiger partial charge in [0.25, 0.3) is 0 Å². The van der Waals surface area contributed by atoms with Gasteiger partial charge < -0.3 is 14.4 Å². The number of thiophene rings is 1. The molecule has 4 aliphatic rings. The number of ether oxygens (including phenoxy) is 2. The summed E-state index contributed by atoms with van der Waals surface area (Å²) in [6.45, 7) is 0. The molecule has 4 heteroatoms. The SMILES string of the molecule is c1ccc2c(c1)Oc1ccccc1C21c2ccccc2-c2ccc(N(c3ccc4c(c3)C3(c5ccccc5Oc5ccccc53)c3ccccc3-4)c3cccc4c3sc3ccccc34)cc21. The lowest BCUT2D eigenvalue weighted by molar-refractivity contribution is 0.436. The molecule has 11 aromatic rings. The lowest BCUT2D eigenvalue weighted by Gasteiger charge is -2.40. The standard InChI is InChI=1S/C62H37NO2S/c1-4-20-46-40(16-1)42-34-32-38(36-52(42)61(46)48-22-6-10-27-55(48)64-56-28-11-7-23-49(56)61)63(54-26-15-19-45-44-18-3-14-31-59(44)66-60(45)54)39-33-35-43-41-17-2-5-21-47(41)62(53(43)37-39)50-24-8-12-29-57(50)65-58-30-13-9-25-51(58)62/h1-37H. The van der Waals surface area contributed by atoms with Crippen molar-refractivity contribution in [3.8, 4) is 45.3 Å². The third kappa shape index (κ3) is 4.51. The number of hydrogen-bond acceptors (Lipinski definition) is 4. The van der Waals surface area contributed by atoms with Crippen LogP contribution in [0.15, 0.2) is 224 Å². The summed E-state index contributed by atoms with van der Waals surface area (Å²) in [7, 11) is 0. The highest BCUT2D eigenvalue weighted by Crippen LogP contribution is 2.65. The molecule has 1 aromatic heterocycles. The Balaban J connectivity index is 1.04. The summed E-state index contributed by atoms with van der Waals surface area (Å²) < 4.78 is 16.0. The normalized spacial score (nSPS) is 14.5. The zero-order chi connectivity index (χ0) is 43.1. The van der Waals surface area contributed by atoms with Gasteiger partial charge in [-0.05, 0) is 105 Å². The average molecular weight is 860 g/mol. The van der Waals surface area contributed by atoms with Crippen LogP contribution in [0.3, 0.4) is 0 Å². The van der Waals surface area contributed by atoms with Crippen LogP contribution in [0, 0.1) is 0 Å². The molecule has 2 aliphatic heterocycles. The lowest BCUT2D eigenvalue weighted by Crippen LogP contribution is -2.32. The van der Waals surface area contributed by atoms with E-state index in [4.69, 9.17) is 9.47 Å². The fraction of sp³-hybridized carbons (Fsp3) is 0.0323. The van der Waals surface area contributed by atoms with E-state index in [9.17, 15) is 0 Å². The van der Waals surface area contributed by atoms with Gasteiger partial charge in [-0.3, -0.25) is 0 Å². The van der Waals surface area contributed by atoms with Crippen LogP contribution in [0.5, 0.6) is 23.0 Å². The first kappa shape index (κ1) is 36.2. The molecule has 10 aromatic carbocycles. The monoisotopic (exact) mass is 859 g/mol. The summed E-state index contributed by atoms with van der Waals surface area (Å²) >= 11 is 1.87. The van der Waals surface area contributed by atoms with Crippen LogP contribution in [0.4, 0.5) is 17.1 Å². The number of fused-ring (bicyclic) bond motifs is 21. The van der Waals surface area contributed by atoms with Gasteiger partial charge in [-0.15, -0.1) is 11.3 Å². The number of nitrogens with zero attached hydrogens (tertiary/aromatic N) is 1. The molecule has 15 rings (SSSR count). The van der Waals surface area contributed by atoms with Gasteiger partial charge in [0.2, 0.25) is 0 Å². The molecule has 0 atom stereocenters. The molecule has 0 amide bonds. The van der Waals surface area contributed by atoms with Gasteiger partial charge in [-0.1, -0.05) is 164 Å². The van der Waals surface area contributed by atoms with Crippen molar-refractivity contribution in [2.45, 2.75) is 10.8 Å². The summed E-state index contributed by atoms with van der Waals surface area (Å²) in [5.41, 5.74) is 16.7. The molecule has 0 N–H and O–H groups in total. The maximum absolute atomic E-state index is 6.74. The quantitative estimate of drug-likeness (QED) is 0.177. The molecule has 0 saturated heterocycles. The van der Waals surface area contributed by atoms with E-state index >= 15 is 0 Å². The van der Waals surface area contributed by atoms with Crippen molar-refractivity contribution in [1.82, 2.24) is 0 Å². The van der Waals surface area contributed by atoms with Crippen LogP contribution in [0.1, 0.15) is 44.5 Å². The van der Waals surface area contributed by atoms with E-state index in [-0.39, 0.29) is 0 Å². The highest BCUT2D eigenvalue weighted by Gasteiger charge is 2.53. The van der Waals surface area contributed by atoms with E-state index in [0.717, 1.165) is 62.3 Å². The van der Waals surface area contributed by atoms with Crippen molar-refractivity contribution >= 4 is 48.6 Å². The Morgan fingerprint density at radius 3 is 1.21 bits per heavy atom. The summed E-state index contributed by atoms with van der Waals surface area (Å²) in [4.78, 5) is 2.53. The van der Waals surface area contributed by atoms with Crippen molar-refractivity contribution in [1.29, 1.82) is 0 Å². The summed E-state index contributed by atoms with van der Waals surface area (Å²) in [5, 5.41) is 2.53. The van der Waals surface area contributed by atoms with Gasteiger partial charge >= 0.3 is 0 Å². The number of para-hydroxylation sites is 4. The molecular formula is C62H37NO2S. The summed E-state index contributed by atoms with van der Waals surface area (Å²) in [6.07, 6.45) is 0. The molecule has 0 radical (unpaired) electrons. The third-order valence-corrected chi connectivity index (χ3v) is 16.0. The highest BCUT2D eigenvalue weighted by atomic mass is 32.1. The van der Waals surface area contributed by atoms with E-state index in [1.165, 1.54) is 64.7 Å². The second-order valence-corrected chi connectivity index (χ2v) is 18.9. The number of rotatable bonds is 3. The molecule has 0 fully saturated rings. The van der Waals surface area contributed by atoms with E-state index < -0.39 is 10.8 Å². The first-order chi connectivity index (χ1) is 32.7. The van der Waals surface area contributed by atoms with Gasteiger partial charge in [0.1, 0.15) is 23.0 Å². The Hall–Kier alpha value is -8.18. The van der Waals surface area contributed by atoms with Crippen molar-refractivity contribution in [3.63, 3.8) is 0 Å². The van der Waals surface area contributed by atoms with Gasteiger partial charge in [0.15, 0.2) is 0 Å². The van der Waals surface area contributed by atoms with Crippen molar-refractivity contribution in [3.05, 3.63) is 269 Å². The smallest absolute Gasteiger partial charge is 0.132 e. The van der Waals surface area contributed by atoms with Gasteiger partial charge in [-0.25, -0.2) is 0 Å². The third-order valence-electron chi connectivity index (χ3n) is 14.8. The lowest BCUT2D eigenvalue weighted by atomic mass is 9.66. The summed E-state index contributed by atoms with van der Waals surface area (Å²) in [5.74, 6) is 3.54. The minimum Gasteiger partial charge on any atom is -0.457 e. The highest BCUT2D eigenvalue weighted by molar-refractivity contribution is 7.26. The van der Waals surface area contributed by atoms with E-state index in [1.807, 2.05) is 11.3 Å². The van der Waals surface area contributed by atoms with E-state index in [0.29, 0.717) is 0 Å². The van der Waals surface area contributed by atoms with Crippen LogP contribution >= 0.6 is 11.3 Å². The van der Waals surface area contributed by atoms with Gasteiger partial charge in [0, 0.05) is 49.1 Å². The molecule has 2 spiro atoms. The minimum atomic E-state index is -0.609. The van der Waals surface area contributed by atoms with E-state index in [2.05, 4.69) is 229 Å². The summed E-state index contributed by atoms with van der Waals surface area (Å²) in [6, 6.07) is 82.5. The second kappa shape index (κ2) is 13.2. The number of hydrogen-bond donors (Lipinski definition) is 0. The predicted octanol–water partition coefficient (Wildman–Crippen LogP) is 16.5. The van der Waals surface area contributed by atoms with Crippen LogP contribution in [0.2, 0.25) is 0 Å². The Morgan fingerprint density at radius 1 is 0.318 bits per heavy atom. The molecule has 3 nitrogen and oxygen atoms in total. The Kier molecular flexibility index (Phi) is 7.24.